The molecule has 2 atom stereocenters. The number of halogens is 1. The quantitative estimate of drug-likeness (QED) is 0.544. The van der Waals surface area contributed by atoms with E-state index in [0.29, 0.717) is 38.9 Å². The molecule has 0 radical (unpaired) electrons. The minimum absolute atomic E-state index is 0.0732. The first-order valence-electron chi connectivity index (χ1n) is 12.0. The number of aromatic nitrogens is 1. The monoisotopic (exact) mass is 469 g/mol. The molecule has 0 fully saturated rings. The summed E-state index contributed by atoms with van der Waals surface area (Å²) in [7, 11) is 0. The Balaban J connectivity index is 1.75. The molecule has 0 saturated heterocycles. The molecule has 0 aliphatic carbocycles. The van der Waals surface area contributed by atoms with Crippen LogP contribution in [0, 0.1) is 5.82 Å². The van der Waals surface area contributed by atoms with Gasteiger partial charge in [0.25, 0.3) is 0 Å². The largest absolute Gasteiger partial charge is 0.379 e. The number of fused-ring (bicyclic) bond motifs is 1. The van der Waals surface area contributed by atoms with Crippen molar-refractivity contribution < 1.29 is 14.0 Å². The van der Waals surface area contributed by atoms with E-state index >= 15 is 0 Å². The van der Waals surface area contributed by atoms with Crippen molar-refractivity contribution in [1.29, 1.82) is 0 Å². The van der Waals surface area contributed by atoms with Crippen molar-refractivity contribution in [3.8, 4) is 0 Å². The number of amides is 2. The minimum atomic E-state index is -0.697. The van der Waals surface area contributed by atoms with Gasteiger partial charge in [0.1, 0.15) is 11.9 Å². The smallest absolute Gasteiger partial charge is 0.244 e. The Morgan fingerprint density at radius 2 is 1.88 bits per heavy atom. The molecular weight excluding hydrogens is 433 g/mol. The highest BCUT2D eigenvalue weighted by molar-refractivity contribution is 5.88. The fourth-order valence-corrected chi connectivity index (χ4v) is 4.08. The maximum Gasteiger partial charge on any atom is 0.244 e. The van der Waals surface area contributed by atoms with E-state index in [0.717, 1.165) is 23.2 Å². The third kappa shape index (κ3) is 7.73. The lowest BCUT2D eigenvalue weighted by Crippen LogP contribution is -2.51. The Bertz CT molecular complexity index is 974. The topological polar surface area (TPSA) is 87.2 Å². The third-order valence-electron chi connectivity index (χ3n) is 6.14. The Labute approximate surface area is 201 Å². The zero-order valence-corrected chi connectivity index (χ0v) is 20.1. The lowest BCUT2D eigenvalue weighted by molar-refractivity contribution is -0.128. The molecule has 0 bridgehead atoms. The molecule has 2 amide bonds. The van der Waals surface area contributed by atoms with Crippen LogP contribution in [0.4, 0.5) is 4.39 Å². The minimum Gasteiger partial charge on any atom is -0.379 e. The van der Waals surface area contributed by atoms with Gasteiger partial charge in [-0.1, -0.05) is 18.2 Å². The molecule has 2 aromatic rings. The second kappa shape index (κ2) is 12.9. The fraction of sp³-hybridized carbons (Fsp3) is 0.462. The summed E-state index contributed by atoms with van der Waals surface area (Å²) in [4.78, 5) is 25.5. The van der Waals surface area contributed by atoms with Crippen molar-refractivity contribution in [2.75, 3.05) is 19.6 Å². The number of benzene rings is 1. The van der Waals surface area contributed by atoms with E-state index < -0.39 is 6.04 Å². The van der Waals surface area contributed by atoms with Gasteiger partial charge in [0.05, 0.1) is 13.1 Å². The molecule has 2 heterocycles. The fourth-order valence-electron chi connectivity index (χ4n) is 4.08. The number of nitrogens with zero attached hydrogens (tertiary/aromatic N) is 1. The van der Waals surface area contributed by atoms with Gasteiger partial charge >= 0.3 is 0 Å². The zero-order chi connectivity index (χ0) is 24.3. The molecule has 0 saturated carbocycles. The molecule has 0 spiro atoms. The average Bonchev–Trinajstić information content (AvgIpc) is 3.33. The maximum absolute atomic E-state index is 14.6. The number of carbonyl (C=O) groups excluding carboxylic acids is 2. The first-order chi connectivity index (χ1) is 16.5. The summed E-state index contributed by atoms with van der Waals surface area (Å²) in [6, 6.07) is 8.47. The van der Waals surface area contributed by atoms with Crippen LogP contribution in [0.1, 0.15) is 37.8 Å². The first-order valence-corrected chi connectivity index (χ1v) is 12.0. The molecule has 184 valence electrons. The summed E-state index contributed by atoms with van der Waals surface area (Å²) >= 11 is 0. The van der Waals surface area contributed by atoms with Gasteiger partial charge in [-0.05, 0) is 68.9 Å². The van der Waals surface area contributed by atoms with E-state index in [1.807, 2.05) is 48.2 Å². The number of carbonyl (C=O) groups is 2. The number of hydrogen-bond donors (Lipinski definition) is 4. The second-order valence-corrected chi connectivity index (χ2v) is 8.76. The van der Waals surface area contributed by atoms with E-state index in [1.54, 1.807) is 6.07 Å². The van der Waals surface area contributed by atoms with Crippen LogP contribution in [0.2, 0.25) is 0 Å². The Hall–Kier alpha value is -3.13. The van der Waals surface area contributed by atoms with Crippen molar-refractivity contribution >= 4 is 11.8 Å². The second-order valence-electron chi connectivity index (χ2n) is 8.76. The van der Waals surface area contributed by atoms with Crippen LogP contribution < -0.4 is 21.3 Å². The van der Waals surface area contributed by atoms with Gasteiger partial charge in [0, 0.05) is 37.2 Å². The Kier molecular flexibility index (Phi) is 9.70. The number of rotatable bonds is 2. The van der Waals surface area contributed by atoms with Crippen LogP contribution in [-0.4, -0.2) is 48.1 Å². The number of allylic oxidation sites excluding steroid dienone is 1. The summed E-state index contributed by atoms with van der Waals surface area (Å²) in [6.45, 7) is 5.43. The lowest BCUT2D eigenvalue weighted by atomic mass is 9.97. The average molecular weight is 470 g/mol. The van der Waals surface area contributed by atoms with Crippen molar-refractivity contribution in [2.24, 2.45) is 0 Å². The van der Waals surface area contributed by atoms with Crippen LogP contribution in [-0.2, 0) is 29.0 Å². The predicted octanol–water partition coefficient (Wildman–Crippen LogP) is 2.28. The summed E-state index contributed by atoms with van der Waals surface area (Å²) in [5.74, 6) is -0.650. The molecule has 7 nitrogen and oxygen atoms in total. The molecule has 1 aliphatic rings. The molecule has 1 aromatic heterocycles. The molecule has 1 unspecified atom stereocenters. The molecule has 1 aromatic carbocycles. The third-order valence-corrected chi connectivity index (χ3v) is 6.14. The van der Waals surface area contributed by atoms with Crippen LogP contribution in [0.25, 0.3) is 0 Å². The predicted molar refractivity (Wildman–Crippen MR) is 132 cm³/mol. The summed E-state index contributed by atoms with van der Waals surface area (Å²) in [5.41, 5.74) is 2.63. The van der Waals surface area contributed by atoms with Gasteiger partial charge < -0.3 is 25.8 Å². The zero-order valence-electron chi connectivity index (χ0n) is 20.1. The molecule has 4 N–H and O–H groups in total. The number of nitrogens with one attached hydrogen (secondary N) is 4. The van der Waals surface area contributed by atoms with Crippen molar-refractivity contribution in [2.45, 2.75) is 58.2 Å². The van der Waals surface area contributed by atoms with Gasteiger partial charge in [-0.15, -0.1) is 0 Å². The molecule has 1 aliphatic heterocycles. The highest BCUT2D eigenvalue weighted by Gasteiger charge is 2.21. The van der Waals surface area contributed by atoms with E-state index in [2.05, 4.69) is 28.2 Å². The molecule has 8 heteroatoms. The highest BCUT2D eigenvalue weighted by Crippen LogP contribution is 2.18. The summed E-state index contributed by atoms with van der Waals surface area (Å²) < 4.78 is 16.5. The summed E-state index contributed by atoms with van der Waals surface area (Å²) in [5, 5.41) is 12.4. The molecule has 34 heavy (non-hydrogen) atoms. The van der Waals surface area contributed by atoms with Crippen molar-refractivity contribution in [1.82, 2.24) is 25.8 Å². The SMILES string of the molecule is CC=C1CN[C@@H](C)CCc2c(F)cccc2CCCNC(=O)C(Cn2cccc2)NC(=O)CN1. The Morgan fingerprint density at radius 1 is 1.09 bits per heavy atom. The number of hydrogen-bond acceptors (Lipinski definition) is 4. The van der Waals surface area contributed by atoms with E-state index in [9.17, 15) is 14.0 Å². The van der Waals surface area contributed by atoms with Crippen LogP contribution >= 0.6 is 0 Å². The highest BCUT2D eigenvalue weighted by atomic mass is 19.1. The van der Waals surface area contributed by atoms with Gasteiger partial charge in [-0.25, -0.2) is 4.39 Å². The van der Waals surface area contributed by atoms with E-state index in [4.69, 9.17) is 0 Å². The molecule has 3 rings (SSSR count). The van der Waals surface area contributed by atoms with Crippen molar-refractivity contribution in [3.05, 3.63) is 71.4 Å². The summed E-state index contributed by atoms with van der Waals surface area (Å²) in [6.07, 6.45) is 8.44. The van der Waals surface area contributed by atoms with Gasteiger partial charge in [0.2, 0.25) is 11.8 Å². The van der Waals surface area contributed by atoms with Crippen LogP contribution in [0.5, 0.6) is 0 Å². The van der Waals surface area contributed by atoms with E-state index in [1.165, 1.54) is 6.07 Å². The molecular formula is C26H36FN5O2. The standard InChI is InChI=1S/C26H36FN5O2/c1-3-21-16-29-19(2)11-12-22-20(8-6-10-23(22)27)9-7-13-28-26(34)24(31-25(33)17-30-21)18-32-14-4-5-15-32/h3-6,8,10,14-15,19,24,29-30H,7,9,11-13,16-18H2,1-2H3,(H,28,34)(H,31,33)/t19-,24?/m0/s1. The van der Waals surface area contributed by atoms with Gasteiger partial charge in [0.15, 0.2) is 0 Å². The van der Waals surface area contributed by atoms with Crippen LogP contribution in [0.3, 0.4) is 0 Å². The van der Waals surface area contributed by atoms with Crippen LogP contribution in [0.15, 0.2) is 54.5 Å². The maximum atomic E-state index is 14.6. The number of aryl methyl sites for hydroxylation is 1. The Morgan fingerprint density at radius 3 is 2.65 bits per heavy atom. The lowest BCUT2D eigenvalue weighted by Gasteiger charge is -2.21. The van der Waals surface area contributed by atoms with Crippen molar-refractivity contribution in [3.63, 3.8) is 0 Å². The van der Waals surface area contributed by atoms with E-state index in [-0.39, 0.29) is 30.2 Å². The first kappa shape index (κ1) is 25.5. The van der Waals surface area contributed by atoms with Gasteiger partial charge in [-0.2, -0.15) is 0 Å². The normalized spacial score (nSPS) is 22.6. The van der Waals surface area contributed by atoms with Gasteiger partial charge in [-0.3, -0.25) is 9.59 Å².